The van der Waals surface area contributed by atoms with Crippen LogP contribution in [0.15, 0.2) is 42.0 Å². The number of carbonyl (C=O) groups excluding carboxylic acids is 2. The molecule has 2 heterocycles. The van der Waals surface area contributed by atoms with Gasteiger partial charge in [0.15, 0.2) is 0 Å². The van der Waals surface area contributed by atoms with Crippen LogP contribution in [0, 0.1) is 6.92 Å². The summed E-state index contributed by atoms with van der Waals surface area (Å²) in [6, 6.07) is 8.37. The molecule has 0 saturated carbocycles. The SMILES string of the molecule is COC(=O)C[C@H](NC(=O)c1cc(O)c[nH]1)c1ccc(-c2scnc2C)cc1. The van der Waals surface area contributed by atoms with E-state index in [1.165, 1.54) is 19.4 Å². The third kappa shape index (κ3) is 4.35. The summed E-state index contributed by atoms with van der Waals surface area (Å²) in [7, 11) is 1.31. The molecule has 0 saturated heterocycles. The lowest BCUT2D eigenvalue weighted by atomic mass is 10.0. The predicted molar refractivity (Wildman–Crippen MR) is 102 cm³/mol. The Bertz CT molecular complexity index is 946. The molecule has 0 aliphatic rings. The Hall–Kier alpha value is -3.13. The van der Waals surface area contributed by atoms with Gasteiger partial charge < -0.3 is 20.1 Å². The highest BCUT2D eigenvalue weighted by Crippen LogP contribution is 2.29. The van der Waals surface area contributed by atoms with Crippen molar-refractivity contribution in [3.8, 4) is 16.2 Å². The van der Waals surface area contributed by atoms with Crippen LogP contribution in [0.3, 0.4) is 0 Å². The second kappa shape index (κ2) is 8.05. The molecule has 1 atom stereocenters. The van der Waals surface area contributed by atoms with E-state index in [1.807, 2.05) is 31.2 Å². The van der Waals surface area contributed by atoms with Crippen molar-refractivity contribution < 1.29 is 19.4 Å². The van der Waals surface area contributed by atoms with E-state index in [0.29, 0.717) is 0 Å². The molecule has 140 valence electrons. The van der Waals surface area contributed by atoms with Crippen molar-refractivity contribution in [2.75, 3.05) is 7.11 Å². The number of thiazole rings is 1. The van der Waals surface area contributed by atoms with E-state index >= 15 is 0 Å². The first-order valence-corrected chi connectivity index (χ1v) is 9.11. The molecule has 0 spiro atoms. The van der Waals surface area contributed by atoms with Crippen LogP contribution in [0.2, 0.25) is 0 Å². The Labute approximate surface area is 160 Å². The maximum Gasteiger partial charge on any atom is 0.307 e. The molecule has 0 fully saturated rings. The summed E-state index contributed by atoms with van der Waals surface area (Å²) in [5.41, 5.74) is 4.76. The number of H-pyrrole nitrogens is 1. The van der Waals surface area contributed by atoms with Gasteiger partial charge in [-0.05, 0) is 18.1 Å². The standard InChI is InChI=1S/C19H19N3O4S/c1-11-18(27-10-21-11)13-5-3-12(4-6-13)15(8-17(24)26-2)22-19(25)16-7-14(23)9-20-16/h3-7,9-10,15,20,23H,8H2,1-2H3,(H,22,25)/t15-/m0/s1. The van der Waals surface area contributed by atoms with Gasteiger partial charge in [0, 0.05) is 12.3 Å². The Morgan fingerprint density at radius 2 is 2.07 bits per heavy atom. The molecule has 3 N–H and O–H groups in total. The van der Waals surface area contributed by atoms with Gasteiger partial charge in [0.2, 0.25) is 0 Å². The quantitative estimate of drug-likeness (QED) is 0.565. The Morgan fingerprint density at radius 3 is 2.63 bits per heavy atom. The zero-order valence-corrected chi connectivity index (χ0v) is 15.7. The van der Waals surface area contributed by atoms with E-state index in [-0.39, 0.29) is 17.9 Å². The molecule has 0 unspecified atom stereocenters. The summed E-state index contributed by atoms with van der Waals surface area (Å²) in [5.74, 6) is -0.891. The number of hydrogen-bond donors (Lipinski definition) is 3. The topological polar surface area (TPSA) is 104 Å². The average molecular weight is 385 g/mol. The predicted octanol–water partition coefficient (Wildman–Crippen LogP) is 3.19. The van der Waals surface area contributed by atoms with E-state index in [4.69, 9.17) is 4.74 Å². The Kier molecular flexibility index (Phi) is 5.56. The molecular weight excluding hydrogens is 366 g/mol. The van der Waals surface area contributed by atoms with Crippen molar-refractivity contribution in [2.24, 2.45) is 0 Å². The number of aryl methyl sites for hydroxylation is 1. The van der Waals surface area contributed by atoms with Gasteiger partial charge in [-0.15, -0.1) is 11.3 Å². The number of rotatable bonds is 6. The molecular formula is C19H19N3O4S. The molecule has 27 heavy (non-hydrogen) atoms. The second-order valence-electron chi connectivity index (χ2n) is 5.97. The average Bonchev–Trinajstić information content (AvgIpc) is 3.29. The lowest BCUT2D eigenvalue weighted by Crippen LogP contribution is -2.30. The molecule has 0 aliphatic carbocycles. The first-order chi connectivity index (χ1) is 13.0. The van der Waals surface area contributed by atoms with E-state index < -0.39 is 17.9 Å². The molecule has 3 aromatic rings. The van der Waals surface area contributed by atoms with Crippen LogP contribution in [-0.2, 0) is 9.53 Å². The number of nitrogens with zero attached hydrogens (tertiary/aromatic N) is 1. The number of aromatic hydroxyl groups is 1. The molecule has 1 amide bonds. The fourth-order valence-corrected chi connectivity index (χ4v) is 3.51. The number of carbonyl (C=O) groups is 2. The number of ether oxygens (including phenoxy) is 1. The summed E-state index contributed by atoms with van der Waals surface area (Å²) in [5, 5.41) is 12.2. The van der Waals surface area contributed by atoms with E-state index in [1.54, 1.807) is 16.8 Å². The number of aromatic amines is 1. The Morgan fingerprint density at radius 1 is 1.33 bits per heavy atom. The van der Waals surface area contributed by atoms with Crippen molar-refractivity contribution in [3.05, 3.63) is 59.0 Å². The van der Waals surface area contributed by atoms with Crippen LogP contribution in [-0.4, -0.2) is 34.1 Å². The summed E-state index contributed by atoms with van der Waals surface area (Å²) >= 11 is 1.56. The molecule has 8 heteroatoms. The molecule has 0 bridgehead atoms. The monoisotopic (exact) mass is 385 g/mol. The minimum Gasteiger partial charge on any atom is -0.506 e. The van der Waals surface area contributed by atoms with Gasteiger partial charge in [0.1, 0.15) is 11.4 Å². The summed E-state index contributed by atoms with van der Waals surface area (Å²) in [4.78, 5) is 32.2. The third-order valence-electron chi connectivity index (χ3n) is 4.14. The number of nitrogens with one attached hydrogen (secondary N) is 2. The first-order valence-electron chi connectivity index (χ1n) is 8.23. The van der Waals surface area contributed by atoms with E-state index in [2.05, 4.69) is 15.3 Å². The van der Waals surface area contributed by atoms with Gasteiger partial charge in [-0.25, -0.2) is 4.98 Å². The number of aromatic nitrogens is 2. The normalized spacial score (nSPS) is 11.8. The molecule has 0 aliphatic heterocycles. The van der Waals surface area contributed by atoms with Crippen LogP contribution < -0.4 is 5.32 Å². The lowest BCUT2D eigenvalue weighted by Gasteiger charge is -2.18. The molecule has 1 aromatic carbocycles. The summed E-state index contributed by atoms with van der Waals surface area (Å²) in [6.45, 7) is 1.95. The van der Waals surface area contributed by atoms with Gasteiger partial charge in [0.05, 0.1) is 35.7 Å². The largest absolute Gasteiger partial charge is 0.506 e. The summed E-state index contributed by atoms with van der Waals surface area (Å²) in [6.07, 6.45) is 1.31. The molecule has 0 radical (unpaired) electrons. The van der Waals surface area contributed by atoms with Gasteiger partial charge in [-0.3, -0.25) is 9.59 Å². The highest BCUT2D eigenvalue weighted by molar-refractivity contribution is 7.13. The van der Waals surface area contributed by atoms with Crippen molar-refractivity contribution in [3.63, 3.8) is 0 Å². The van der Waals surface area contributed by atoms with E-state index in [0.717, 1.165) is 21.7 Å². The fraction of sp³-hybridized carbons (Fsp3) is 0.211. The van der Waals surface area contributed by atoms with Crippen molar-refractivity contribution in [1.82, 2.24) is 15.3 Å². The molecule has 2 aromatic heterocycles. The minimum atomic E-state index is -0.563. The van der Waals surface area contributed by atoms with Crippen LogP contribution in [0.5, 0.6) is 5.75 Å². The first kappa shape index (κ1) is 18.7. The van der Waals surface area contributed by atoms with Crippen molar-refractivity contribution >= 4 is 23.2 Å². The highest BCUT2D eigenvalue weighted by Gasteiger charge is 2.21. The Balaban J connectivity index is 1.83. The highest BCUT2D eigenvalue weighted by atomic mass is 32.1. The van der Waals surface area contributed by atoms with Gasteiger partial charge in [-0.1, -0.05) is 24.3 Å². The smallest absolute Gasteiger partial charge is 0.307 e. The van der Waals surface area contributed by atoms with Crippen molar-refractivity contribution in [2.45, 2.75) is 19.4 Å². The molecule has 3 rings (SSSR count). The number of methoxy groups -OCH3 is 1. The second-order valence-corrected chi connectivity index (χ2v) is 6.82. The van der Waals surface area contributed by atoms with Gasteiger partial charge >= 0.3 is 5.97 Å². The van der Waals surface area contributed by atoms with Gasteiger partial charge in [0.25, 0.3) is 5.91 Å². The van der Waals surface area contributed by atoms with E-state index in [9.17, 15) is 14.7 Å². The van der Waals surface area contributed by atoms with Crippen LogP contribution in [0.25, 0.3) is 10.4 Å². The number of hydrogen-bond acceptors (Lipinski definition) is 6. The zero-order chi connectivity index (χ0) is 19.4. The maximum absolute atomic E-state index is 12.4. The van der Waals surface area contributed by atoms with Crippen LogP contribution in [0.1, 0.15) is 34.2 Å². The number of esters is 1. The number of amides is 1. The summed E-state index contributed by atoms with van der Waals surface area (Å²) < 4.78 is 4.75. The van der Waals surface area contributed by atoms with Crippen LogP contribution >= 0.6 is 11.3 Å². The zero-order valence-electron chi connectivity index (χ0n) is 14.9. The van der Waals surface area contributed by atoms with Crippen LogP contribution in [0.4, 0.5) is 0 Å². The molecule has 7 nitrogen and oxygen atoms in total. The maximum atomic E-state index is 12.4. The lowest BCUT2D eigenvalue weighted by molar-refractivity contribution is -0.141. The number of benzene rings is 1. The fourth-order valence-electron chi connectivity index (χ4n) is 2.70. The minimum absolute atomic E-state index is 0.00609. The van der Waals surface area contributed by atoms with Gasteiger partial charge in [-0.2, -0.15) is 0 Å². The third-order valence-corrected chi connectivity index (χ3v) is 5.11. The van der Waals surface area contributed by atoms with Crippen molar-refractivity contribution in [1.29, 1.82) is 0 Å².